The monoisotopic (exact) mass is 222 g/mol. The zero-order valence-corrected chi connectivity index (χ0v) is 10.4. The van der Waals surface area contributed by atoms with Gasteiger partial charge >= 0.3 is 0 Å². The summed E-state index contributed by atoms with van der Waals surface area (Å²) in [6, 6.07) is 8.08. The van der Waals surface area contributed by atoms with E-state index in [0.717, 1.165) is 18.6 Å². The van der Waals surface area contributed by atoms with Crippen LogP contribution in [0.5, 0.6) is 5.75 Å². The first kappa shape index (κ1) is 13.0. The molecule has 0 aliphatic rings. The van der Waals surface area contributed by atoms with Gasteiger partial charge in [-0.25, -0.2) is 0 Å². The molecule has 0 aliphatic carbocycles. The van der Waals surface area contributed by atoms with Gasteiger partial charge in [0.05, 0.1) is 7.11 Å². The van der Waals surface area contributed by atoms with Gasteiger partial charge in [0.25, 0.3) is 0 Å². The molecule has 0 radical (unpaired) electrons. The summed E-state index contributed by atoms with van der Waals surface area (Å²) in [6.07, 6.45) is 2.03. The molecule has 0 spiro atoms. The fourth-order valence-corrected chi connectivity index (χ4v) is 1.88. The Morgan fingerprint density at radius 2 is 2.12 bits per heavy atom. The molecule has 2 nitrogen and oxygen atoms in total. The lowest BCUT2D eigenvalue weighted by molar-refractivity contribution is 0.179. The second-order valence-corrected chi connectivity index (χ2v) is 4.38. The molecule has 1 aromatic rings. The van der Waals surface area contributed by atoms with Crippen LogP contribution in [-0.2, 0) is 6.42 Å². The molecule has 0 aromatic heterocycles. The van der Waals surface area contributed by atoms with Gasteiger partial charge in [0.15, 0.2) is 0 Å². The summed E-state index contributed by atoms with van der Waals surface area (Å²) >= 11 is 0. The molecule has 0 saturated heterocycles. The largest absolute Gasteiger partial charge is 0.497 e. The van der Waals surface area contributed by atoms with E-state index < -0.39 is 0 Å². The van der Waals surface area contributed by atoms with Crippen LogP contribution in [-0.4, -0.2) is 18.8 Å². The summed E-state index contributed by atoms with van der Waals surface area (Å²) in [7, 11) is 1.68. The van der Waals surface area contributed by atoms with E-state index in [0.29, 0.717) is 11.8 Å². The lowest BCUT2D eigenvalue weighted by Gasteiger charge is -2.20. The minimum atomic E-state index is 0.256. The number of hydrogen-bond acceptors (Lipinski definition) is 2. The first-order valence-corrected chi connectivity index (χ1v) is 5.95. The van der Waals surface area contributed by atoms with Crippen LogP contribution in [0.2, 0.25) is 0 Å². The molecule has 0 aliphatic heterocycles. The molecule has 2 atom stereocenters. The van der Waals surface area contributed by atoms with E-state index in [-0.39, 0.29) is 6.61 Å². The molecule has 2 unspecified atom stereocenters. The van der Waals surface area contributed by atoms with Crippen LogP contribution in [0.15, 0.2) is 24.3 Å². The Balaban J connectivity index is 2.69. The number of ether oxygens (including phenoxy) is 1. The van der Waals surface area contributed by atoms with E-state index in [1.807, 2.05) is 18.2 Å². The van der Waals surface area contributed by atoms with Gasteiger partial charge in [-0.15, -0.1) is 0 Å². The maximum Gasteiger partial charge on any atom is 0.119 e. The Hall–Kier alpha value is -1.02. The molecule has 0 saturated carbocycles. The average Bonchev–Trinajstić information content (AvgIpc) is 2.35. The lowest BCUT2D eigenvalue weighted by atomic mass is 9.87. The zero-order chi connectivity index (χ0) is 12.0. The minimum Gasteiger partial charge on any atom is -0.497 e. The van der Waals surface area contributed by atoms with Gasteiger partial charge in [0.2, 0.25) is 0 Å². The van der Waals surface area contributed by atoms with Crippen molar-refractivity contribution in [3.05, 3.63) is 29.8 Å². The minimum absolute atomic E-state index is 0.256. The standard InChI is InChI=1S/C14H22O2/c1-4-11(2)13(10-15)8-12-6-5-7-14(9-12)16-3/h5-7,9,11,13,15H,4,8,10H2,1-3H3. The normalized spacial score (nSPS) is 14.5. The summed E-state index contributed by atoms with van der Waals surface area (Å²) in [5.41, 5.74) is 1.23. The average molecular weight is 222 g/mol. The SMILES string of the molecule is CCC(C)C(CO)Cc1cccc(OC)c1. The third-order valence-corrected chi connectivity index (χ3v) is 3.32. The Morgan fingerprint density at radius 3 is 2.69 bits per heavy atom. The van der Waals surface area contributed by atoms with Gasteiger partial charge in [0, 0.05) is 6.61 Å². The van der Waals surface area contributed by atoms with Crippen molar-refractivity contribution in [2.45, 2.75) is 26.7 Å². The number of rotatable bonds is 6. The Kier molecular flexibility index (Phi) is 5.33. The van der Waals surface area contributed by atoms with Gasteiger partial charge in [-0.2, -0.15) is 0 Å². The van der Waals surface area contributed by atoms with Crippen molar-refractivity contribution in [1.29, 1.82) is 0 Å². The topological polar surface area (TPSA) is 29.5 Å². The van der Waals surface area contributed by atoms with Crippen molar-refractivity contribution in [3.63, 3.8) is 0 Å². The van der Waals surface area contributed by atoms with E-state index in [2.05, 4.69) is 19.9 Å². The van der Waals surface area contributed by atoms with Crippen LogP contribution >= 0.6 is 0 Å². The van der Waals surface area contributed by atoms with E-state index in [9.17, 15) is 5.11 Å². The van der Waals surface area contributed by atoms with Crippen LogP contribution in [0.4, 0.5) is 0 Å². The molecule has 0 amide bonds. The lowest BCUT2D eigenvalue weighted by Crippen LogP contribution is -2.18. The third kappa shape index (κ3) is 3.53. The van der Waals surface area contributed by atoms with Gasteiger partial charge < -0.3 is 9.84 Å². The molecule has 16 heavy (non-hydrogen) atoms. The molecule has 0 heterocycles. The molecule has 0 fully saturated rings. The van der Waals surface area contributed by atoms with Crippen LogP contribution < -0.4 is 4.74 Å². The van der Waals surface area contributed by atoms with Gasteiger partial charge in [-0.3, -0.25) is 0 Å². The van der Waals surface area contributed by atoms with Crippen LogP contribution in [0.1, 0.15) is 25.8 Å². The molecular formula is C14H22O2. The third-order valence-electron chi connectivity index (χ3n) is 3.32. The van der Waals surface area contributed by atoms with Crippen LogP contribution in [0.3, 0.4) is 0 Å². The molecule has 0 bridgehead atoms. The maximum absolute atomic E-state index is 9.38. The van der Waals surface area contributed by atoms with E-state index in [1.165, 1.54) is 5.56 Å². The number of aliphatic hydroxyl groups excluding tert-OH is 1. The summed E-state index contributed by atoms with van der Waals surface area (Å²) in [5.74, 6) is 1.78. The van der Waals surface area contributed by atoms with Crippen LogP contribution in [0, 0.1) is 11.8 Å². The predicted molar refractivity (Wildman–Crippen MR) is 66.7 cm³/mol. The highest BCUT2D eigenvalue weighted by molar-refractivity contribution is 5.28. The smallest absolute Gasteiger partial charge is 0.119 e. The van der Waals surface area contributed by atoms with Crippen molar-refractivity contribution in [1.82, 2.24) is 0 Å². The Labute approximate surface area is 98.3 Å². The number of aliphatic hydroxyl groups is 1. The fourth-order valence-electron chi connectivity index (χ4n) is 1.88. The summed E-state index contributed by atoms with van der Waals surface area (Å²) < 4.78 is 5.19. The molecule has 1 aromatic carbocycles. The van der Waals surface area contributed by atoms with Gasteiger partial charge in [-0.05, 0) is 36.0 Å². The highest BCUT2D eigenvalue weighted by Crippen LogP contribution is 2.22. The second kappa shape index (κ2) is 6.54. The summed E-state index contributed by atoms with van der Waals surface area (Å²) in [6.45, 7) is 4.62. The summed E-state index contributed by atoms with van der Waals surface area (Å²) in [5, 5.41) is 9.38. The van der Waals surface area contributed by atoms with Crippen molar-refractivity contribution in [3.8, 4) is 5.75 Å². The predicted octanol–water partition coefficient (Wildman–Crippen LogP) is 2.89. The van der Waals surface area contributed by atoms with E-state index in [1.54, 1.807) is 7.11 Å². The highest BCUT2D eigenvalue weighted by Gasteiger charge is 2.15. The first-order valence-electron chi connectivity index (χ1n) is 5.95. The molecular weight excluding hydrogens is 200 g/mol. The van der Waals surface area contributed by atoms with Crippen molar-refractivity contribution < 1.29 is 9.84 Å². The number of hydrogen-bond donors (Lipinski definition) is 1. The maximum atomic E-state index is 9.38. The van der Waals surface area contributed by atoms with Gasteiger partial charge in [-0.1, -0.05) is 32.4 Å². The summed E-state index contributed by atoms with van der Waals surface area (Å²) in [4.78, 5) is 0. The van der Waals surface area contributed by atoms with Crippen molar-refractivity contribution >= 4 is 0 Å². The van der Waals surface area contributed by atoms with Crippen molar-refractivity contribution in [2.24, 2.45) is 11.8 Å². The highest BCUT2D eigenvalue weighted by atomic mass is 16.5. The first-order chi connectivity index (χ1) is 7.71. The second-order valence-electron chi connectivity index (χ2n) is 4.38. The number of benzene rings is 1. The Morgan fingerprint density at radius 1 is 1.38 bits per heavy atom. The quantitative estimate of drug-likeness (QED) is 0.802. The molecule has 90 valence electrons. The Bertz CT molecular complexity index is 309. The zero-order valence-electron chi connectivity index (χ0n) is 10.4. The number of methoxy groups -OCH3 is 1. The molecule has 1 rings (SSSR count). The van der Waals surface area contributed by atoms with E-state index >= 15 is 0 Å². The van der Waals surface area contributed by atoms with Gasteiger partial charge in [0.1, 0.15) is 5.75 Å². The molecule has 1 N–H and O–H groups in total. The van der Waals surface area contributed by atoms with Crippen LogP contribution in [0.25, 0.3) is 0 Å². The van der Waals surface area contributed by atoms with Crippen molar-refractivity contribution in [2.75, 3.05) is 13.7 Å². The molecule has 2 heteroatoms. The van der Waals surface area contributed by atoms with E-state index in [4.69, 9.17) is 4.74 Å². The fraction of sp³-hybridized carbons (Fsp3) is 0.571.